The maximum atomic E-state index is 11.3. The molecule has 1 saturated heterocycles. The monoisotopic (exact) mass is 232 g/mol. The number of nitrogens with one attached hydrogen (secondary N) is 1. The molecule has 2 heterocycles. The number of nitrogens with two attached hydrogens (primary N) is 1. The molecule has 1 aliphatic rings. The molecule has 2 rings (SSSR count). The molecular formula is C10H12N6O. The molecule has 0 saturated carbocycles. The summed E-state index contributed by atoms with van der Waals surface area (Å²) in [5.41, 5.74) is 5.58. The third-order valence-corrected chi connectivity index (χ3v) is 2.62. The van der Waals surface area contributed by atoms with Crippen LogP contribution >= 0.6 is 0 Å². The van der Waals surface area contributed by atoms with Gasteiger partial charge in [-0.15, -0.1) is 0 Å². The molecule has 1 atom stereocenters. The molecule has 3 N–H and O–H groups in total. The van der Waals surface area contributed by atoms with E-state index in [0.29, 0.717) is 18.9 Å². The van der Waals surface area contributed by atoms with Gasteiger partial charge in [0.05, 0.1) is 12.4 Å². The number of rotatable bonds is 2. The van der Waals surface area contributed by atoms with Crippen molar-refractivity contribution < 1.29 is 4.79 Å². The lowest BCUT2D eigenvalue weighted by Crippen LogP contribution is -2.57. The standard InChI is InChI=1S/C10H12N6O/c11-3-7-4-15-9(6-14-7)16-2-1-13-5-8(16)10(12)17/h4,6,8,13H,1-2,5H2,(H2,12,17). The lowest BCUT2D eigenvalue weighted by Gasteiger charge is -2.34. The van der Waals surface area contributed by atoms with Crippen LogP contribution in [0.2, 0.25) is 0 Å². The van der Waals surface area contributed by atoms with E-state index in [1.807, 2.05) is 6.07 Å². The number of hydrogen-bond acceptors (Lipinski definition) is 6. The van der Waals surface area contributed by atoms with Gasteiger partial charge in [0.15, 0.2) is 5.69 Å². The van der Waals surface area contributed by atoms with E-state index < -0.39 is 11.9 Å². The van der Waals surface area contributed by atoms with E-state index in [1.54, 1.807) is 4.90 Å². The Hall–Kier alpha value is -2.20. The van der Waals surface area contributed by atoms with E-state index >= 15 is 0 Å². The minimum Gasteiger partial charge on any atom is -0.368 e. The van der Waals surface area contributed by atoms with E-state index in [0.717, 1.165) is 6.54 Å². The van der Waals surface area contributed by atoms with Gasteiger partial charge < -0.3 is 16.0 Å². The van der Waals surface area contributed by atoms with Crippen molar-refractivity contribution in [2.75, 3.05) is 24.5 Å². The predicted octanol–water partition coefficient (Wildman–Crippen LogP) is -1.39. The van der Waals surface area contributed by atoms with Gasteiger partial charge in [0.25, 0.3) is 0 Å². The number of anilines is 1. The summed E-state index contributed by atoms with van der Waals surface area (Å²) in [5.74, 6) is 0.164. The molecule has 1 amide bonds. The van der Waals surface area contributed by atoms with Gasteiger partial charge in [0.2, 0.25) is 5.91 Å². The van der Waals surface area contributed by atoms with Crippen LogP contribution in [0.15, 0.2) is 12.4 Å². The smallest absolute Gasteiger partial charge is 0.241 e. The van der Waals surface area contributed by atoms with Crippen molar-refractivity contribution in [2.45, 2.75) is 6.04 Å². The second-order valence-electron chi connectivity index (χ2n) is 3.69. The number of primary amides is 1. The number of carbonyl (C=O) groups excluding carboxylic acids is 1. The van der Waals surface area contributed by atoms with Crippen molar-refractivity contribution in [3.8, 4) is 6.07 Å². The van der Waals surface area contributed by atoms with Crippen molar-refractivity contribution >= 4 is 11.7 Å². The summed E-state index contributed by atoms with van der Waals surface area (Å²) in [7, 11) is 0. The lowest BCUT2D eigenvalue weighted by molar-refractivity contribution is -0.119. The zero-order valence-corrected chi connectivity index (χ0v) is 9.13. The van der Waals surface area contributed by atoms with Crippen molar-refractivity contribution in [3.05, 3.63) is 18.1 Å². The average Bonchev–Trinajstić information content (AvgIpc) is 2.39. The van der Waals surface area contributed by atoms with Gasteiger partial charge in [0, 0.05) is 19.6 Å². The second kappa shape index (κ2) is 4.76. The summed E-state index contributed by atoms with van der Waals surface area (Å²) in [6, 6.07) is 1.47. The Kier molecular flexibility index (Phi) is 3.16. The maximum Gasteiger partial charge on any atom is 0.241 e. The number of carbonyl (C=O) groups is 1. The highest BCUT2D eigenvalue weighted by Crippen LogP contribution is 2.14. The minimum atomic E-state index is -0.425. The number of amides is 1. The van der Waals surface area contributed by atoms with Crippen LogP contribution in [0.1, 0.15) is 5.69 Å². The highest BCUT2D eigenvalue weighted by Gasteiger charge is 2.27. The fraction of sp³-hybridized carbons (Fsp3) is 0.400. The highest BCUT2D eigenvalue weighted by atomic mass is 16.1. The molecular weight excluding hydrogens is 220 g/mol. The summed E-state index contributed by atoms with van der Waals surface area (Å²) in [6.45, 7) is 1.89. The number of nitrogens with zero attached hydrogens (tertiary/aromatic N) is 4. The van der Waals surface area contributed by atoms with E-state index in [4.69, 9.17) is 11.0 Å². The Labute approximate surface area is 98.3 Å². The fourth-order valence-corrected chi connectivity index (χ4v) is 1.76. The molecule has 88 valence electrons. The minimum absolute atomic E-state index is 0.250. The first-order valence-electron chi connectivity index (χ1n) is 5.21. The Bertz CT molecular complexity index is 451. The van der Waals surface area contributed by atoms with Gasteiger partial charge >= 0.3 is 0 Å². The number of nitriles is 1. The second-order valence-corrected chi connectivity index (χ2v) is 3.69. The predicted molar refractivity (Wildman–Crippen MR) is 59.9 cm³/mol. The molecule has 0 bridgehead atoms. The SMILES string of the molecule is N#Cc1cnc(N2CCNCC2C(N)=O)cn1. The van der Waals surface area contributed by atoms with Crippen LogP contribution in [0.25, 0.3) is 0 Å². The number of piperazine rings is 1. The Balaban J connectivity index is 2.24. The molecule has 7 heteroatoms. The molecule has 17 heavy (non-hydrogen) atoms. The first-order chi connectivity index (χ1) is 8.22. The highest BCUT2D eigenvalue weighted by molar-refractivity contribution is 5.83. The third kappa shape index (κ3) is 2.32. The van der Waals surface area contributed by atoms with Crippen molar-refractivity contribution in [3.63, 3.8) is 0 Å². The Morgan fingerprint density at radius 1 is 1.59 bits per heavy atom. The van der Waals surface area contributed by atoms with Crippen LogP contribution in [0.5, 0.6) is 0 Å². The van der Waals surface area contributed by atoms with Gasteiger partial charge in [-0.25, -0.2) is 9.97 Å². The molecule has 1 aliphatic heterocycles. The van der Waals surface area contributed by atoms with E-state index in [9.17, 15) is 4.79 Å². The molecule has 7 nitrogen and oxygen atoms in total. The van der Waals surface area contributed by atoms with Crippen LogP contribution in [-0.2, 0) is 4.79 Å². The molecule has 1 aromatic heterocycles. The summed E-state index contributed by atoms with van der Waals surface area (Å²) in [5, 5.41) is 11.7. The van der Waals surface area contributed by atoms with Crippen molar-refractivity contribution in [1.29, 1.82) is 5.26 Å². The number of aromatic nitrogens is 2. The van der Waals surface area contributed by atoms with Crippen LogP contribution in [0, 0.1) is 11.3 Å². The van der Waals surface area contributed by atoms with E-state index in [2.05, 4.69) is 15.3 Å². The van der Waals surface area contributed by atoms with Crippen LogP contribution in [0.4, 0.5) is 5.82 Å². The van der Waals surface area contributed by atoms with Crippen molar-refractivity contribution in [2.24, 2.45) is 5.73 Å². The van der Waals surface area contributed by atoms with Crippen LogP contribution in [-0.4, -0.2) is 41.6 Å². The van der Waals surface area contributed by atoms with Crippen LogP contribution < -0.4 is 16.0 Å². The first kappa shape index (κ1) is 11.3. The van der Waals surface area contributed by atoms with Gasteiger partial charge in [0.1, 0.15) is 17.9 Å². The third-order valence-electron chi connectivity index (χ3n) is 2.62. The van der Waals surface area contributed by atoms with Crippen molar-refractivity contribution in [1.82, 2.24) is 15.3 Å². The van der Waals surface area contributed by atoms with E-state index in [1.165, 1.54) is 12.4 Å². The molecule has 0 radical (unpaired) electrons. The summed E-state index contributed by atoms with van der Waals surface area (Å²) >= 11 is 0. The molecule has 0 spiro atoms. The zero-order chi connectivity index (χ0) is 12.3. The molecule has 1 fully saturated rings. The van der Waals surface area contributed by atoms with Gasteiger partial charge in [-0.1, -0.05) is 0 Å². The Morgan fingerprint density at radius 3 is 3.00 bits per heavy atom. The molecule has 0 aromatic carbocycles. The zero-order valence-electron chi connectivity index (χ0n) is 9.13. The summed E-state index contributed by atoms with van der Waals surface area (Å²) in [4.78, 5) is 21.1. The lowest BCUT2D eigenvalue weighted by atomic mass is 10.2. The normalized spacial score (nSPS) is 19.7. The van der Waals surface area contributed by atoms with Gasteiger partial charge in [-0.2, -0.15) is 5.26 Å². The Morgan fingerprint density at radius 2 is 2.41 bits per heavy atom. The summed E-state index contributed by atoms with van der Waals surface area (Å²) in [6.07, 6.45) is 2.87. The molecule has 1 unspecified atom stereocenters. The van der Waals surface area contributed by atoms with Gasteiger partial charge in [-0.3, -0.25) is 4.79 Å². The topological polar surface area (TPSA) is 108 Å². The number of hydrogen-bond donors (Lipinski definition) is 2. The quantitative estimate of drug-likeness (QED) is 0.650. The van der Waals surface area contributed by atoms with Gasteiger partial charge in [-0.05, 0) is 0 Å². The molecule has 1 aromatic rings. The van der Waals surface area contributed by atoms with Crippen LogP contribution in [0.3, 0.4) is 0 Å². The fourth-order valence-electron chi connectivity index (χ4n) is 1.76. The largest absolute Gasteiger partial charge is 0.368 e. The average molecular weight is 232 g/mol. The maximum absolute atomic E-state index is 11.3. The first-order valence-corrected chi connectivity index (χ1v) is 5.21. The van der Waals surface area contributed by atoms with E-state index in [-0.39, 0.29) is 5.69 Å². The molecule has 0 aliphatic carbocycles. The summed E-state index contributed by atoms with van der Waals surface area (Å²) < 4.78 is 0.